The van der Waals surface area contributed by atoms with Crippen LogP contribution in [0.4, 0.5) is 0 Å². The fourth-order valence-corrected chi connectivity index (χ4v) is 1.94. The predicted octanol–water partition coefficient (Wildman–Crippen LogP) is 2.42. The number of rotatable bonds is 2. The van der Waals surface area contributed by atoms with Gasteiger partial charge in [-0.3, -0.25) is 0 Å². The first-order valence-electron chi connectivity index (χ1n) is 4.06. The van der Waals surface area contributed by atoms with Gasteiger partial charge in [-0.1, -0.05) is 6.92 Å². The van der Waals surface area contributed by atoms with Crippen molar-refractivity contribution in [3.05, 3.63) is 32.4 Å². The van der Waals surface area contributed by atoms with Gasteiger partial charge in [-0.15, -0.1) is 0 Å². The first-order chi connectivity index (χ1) is 6.60. The largest absolute Gasteiger partial charge is 0.478 e. The molecule has 0 radical (unpaired) electrons. The monoisotopic (exact) mass is 301 g/mol. The second-order valence-electron chi connectivity index (χ2n) is 2.76. The summed E-state index contributed by atoms with van der Waals surface area (Å²) < 4.78 is 0.672. The Balaban J connectivity index is 3.40. The molecule has 0 atom stereocenters. The number of hydrogen-bond donors (Lipinski definition) is 1. The van der Waals surface area contributed by atoms with Gasteiger partial charge < -0.3 is 5.11 Å². The SMILES string of the molecule is CCc1cc(I)c(C(=O)O)cc1C#N. The number of carboxylic acids is 1. The number of carboxylic acid groups (broad SMARTS) is 1. The lowest BCUT2D eigenvalue weighted by Crippen LogP contribution is -2.02. The molecular weight excluding hydrogens is 293 g/mol. The quantitative estimate of drug-likeness (QED) is 0.853. The number of carbonyl (C=O) groups is 1. The van der Waals surface area contributed by atoms with E-state index in [1.807, 2.05) is 35.6 Å². The number of aryl methyl sites for hydroxylation is 1. The van der Waals surface area contributed by atoms with Crippen molar-refractivity contribution in [2.75, 3.05) is 0 Å². The first kappa shape index (κ1) is 11.0. The average molecular weight is 301 g/mol. The molecule has 0 fully saturated rings. The minimum atomic E-state index is -0.992. The minimum absolute atomic E-state index is 0.194. The third kappa shape index (κ3) is 2.04. The summed E-state index contributed by atoms with van der Waals surface area (Å²) >= 11 is 1.97. The number of nitriles is 1. The zero-order valence-corrected chi connectivity index (χ0v) is 9.70. The summed E-state index contributed by atoms with van der Waals surface area (Å²) in [6, 6.07) is 5.19. The average Bonchev–Trinajstić information content (AvgIpc) is 2.16. The van der Waals surface area contributed by atoms with Crippen molar-refractivity contribution in [2.45, 2.75) is 13.3 Å². The van der Waals surface area contributed by atoms with E-state index in [0.717, 1.165) is 12.0 Å². The molecule has 0 aliphatic heterocycles. The van der Waals surface area contributed by atoms with Gasteiger partial charge in [0, 0.05) is 3.57 Å². The molecule has 0 saturated heterocycles. The predicted molar refractivity (Wildman–Crippen MR) is 60.2 cm³/mol. The van der Waals surface area contributed by atoms with Crippen LogP contribution in [-0.2, 0) is 6.42 Å². The molecule has 72 valence electrons. The number of aromatic carboxylic acids is 1. The Morgan fingerprint density at radius 3 is 2.71 bits per heavy atom. The molecule has 0 bridgehead atoms. The highest BCUT2D eigenvalue weighted by atomic mass is 127. The van der Waals surface area contributed by atoms with Gasteiger partial charge in [-0.05, 0) is 46.7 Å². The van der Waals surface area contributed by atoms with E-state index in [4.69, 9.17) is 10.4 Å². The van der Waals surface area contributed by atoms with E-state index in [1.165, 1.54) is 6.07 Å². The molecule has 1 N–H and O–H groups in total. The normalized spacial score (nSPS) is 9.50. The van der Waals surface area contributed by atoms with Crippen molar-refractivity contribution in [2.24, 2.45) is 0 Å². The van der Waals surface area contributed by atoms with Gasteiger partial charge in [0.05, 0.1) is 17.2 Å². The fraction of sp³-hybridized carbons (Fsp3) is 0.200. The third-order valence-corrected chi connectivity index (χ3v) is 2.82. The molecule has 0 aliphatic rings. The van der Waals surface area contributed by atoms with Crippen LogP contribution in [0.1, 0.15) is 28.4 Å². The van der Waals surface area contributed by atoms with E-state index in [9.17, 15) is 4.79 Å². The zero-order chi connectivity index (χ0) is 10.7. The second-order valence-corrected chi connectivity index (χ2v) is 3.92. The molecule has 0 aromatic heterocycles. The molecule has 3 nitrogen and oxygen atoms in total. The van der Waals surface area contributed by atoms with E-state index in [2.05, 4.69) is 0 Å². The summed E-state index contributed by atoms with van der Waals surface area (Å²) in [5.74, 6) is -0.992. The first-order valence-corrected chi connectivity index (χ1v) is 5.13. The molecule has 1 rings (SSSR count). The number of hydrogen-bond acceptors (Lipinski definition) is 2. The maximum absolute atomic E-state index is 10.8. The van der Waals surface area contributed by atoms with Crippen LogP contribution in [0, 0.1) is 14.9 Å². The molecular formula is C10H8INO2. The summed E-state index contributed by atoms with van der Waals surface area (Å²) in [7, 11) is 0. The lowest BCUT2D eigenvalue weighted by atomic mass is 10.0. The Morgan fingerprint density at radius 1 is 1.64 bits per heavy atom. The third-order valence-electron chi connectivity index (χ3n) is 1.92. The Bertz CT molecular complexity index is 421. The van der Waals surface area contributed by atoms with Crippen molar-refractivity contribution in [3.8, 4) is 6.07 Å². The van der Waals surface area contributed by atoms with Crippen molar-refractivity contribution in [1.29, 1.82) is 5.26 Å². The summed E-state index contributed by atoms with van der Waals surface area (Å²) in [6.45, 7) is 1.94. The molecule has 0 unspecified atom stereocenters. The van der Waals surface area contributed by atoms with E-state index in [1.54, 1.807) is 6.07 Å². The van der Waals surface area contributed by atoms with Crippen molar-refractivity contribution in [1.82, 2.24) is 0 Å². The van der Waals surface area contributed by atoms with Gasteiger partial charge >= 0.3 is 5.97 Å². The van der Waals surface area contributed by atoms with E-state index >= 15 is 0 Å². The molecule has 0 aliphatic carbocycles. The summed E-state index contributed by atoms with van der Waals surface area (Å²) in [5.41, 5.74) is 1.53. The van der Waals surface area contributed by atoms with Gasteiger partial charge in [0.25, 0.3) is 0 Å². The molecule has 0 saturated carbocycles. The molecule has 14 heavy (non-hydrogen) atoms. The maximum Gasteiger partial charge on any atom is 0.336 e. The van der Waals surface area contributed by atoms with Crippen molar-refractivity contribution in [3.63, 3.8) is 0 Å². The van der Waals surface area contributed by atoms with Gasteiger partial charge in [0.15, 0.2) is 0 Å². The smallest absolute Gasteiger partial charge is 0.336 e. The van der Waals surface area contributed by atoms with Crippen LogP contribution in [0.25, 0.3) is 0 Å². The number of benzene rings is 1. The lowest BCUT2D eigenvalue weighted by molar-refractivity contribution is 0.0695. The van der Waals surface area contributed by atoms with Crippen LogP contribution in [0.3, 0.4) is 0 Å². The van der Waals surface area contributed by atoms with Crippen LogP contribution in [0.2, 0.25) is 0 Å². The molecule has 1 aromatic rings. The van der Waals surface area contributed by atoms with E-state index in [0.29, 0.717) is 9.13 Å². The standard InChI is InChI=1S/C10H8INO2/c1-2-6-4-9(11)8(10(13)14)3-7(6)5-12/h3-4H,2H2,1H3,(H,13,14). The van der Waals surface area contributed by atoms with Gasteiger partial charge in [-0.2, -0.15) is 5.26 Å². The van der Waals surface area contributed by atoms with Crippen LogP contribution in [0.5, 0.6) is 0 Å². The molecule has 0 heterocycles. The fourth-order valence-electron chi connectivity index (χ4n) is 1.17. The highest BCUT2D eigenvalue weighted by Crippen LogP contribution is 2.19. The van der Waals surface area contributed by atoms with Crippen LogP contribution in [0.15, 0.2) is 12.1 Å². The highest BCUT2D eigenvalue weighted by molar-refractivity contribution is 14.1. The van der Waals surface area contributed by atoms with Crippen molar-refractivity contribution < 1.29 is 9.90 Å². The van der Waals surface area contributed by atoms with Crippen molar-refractivity contribution >= 4 is 28.6 Å². The maximum atomic E-state index is 10.8. The lowest BCUT2D eigenvalue weighted by Gasteiger charge is -2.04. The Morgan fingerprint density at radius 2 is 2.29 bits per heavy atom. The summed E-state index contributed by atoms with van der Waals surface area (Å²) in [4.78, 5) is 10.8. The Labute approximate surface area is 95.5 Å². The van der Waals surface area contributed by atoms with E-state index < -0.39 is 5.97 Å². The summed E-state index contributed by atoms with van der Waals surface area (Å²) in [5, 5.41) is 17.6. The van der Waals surface area contributed by atoms with Gasteiger partial charge in [0.2, 0.25) is 0 Å². The van der Waals surface area contributed by atoms with Crippen LogP contribution in [-0.4, -0.2) is 11.1 Å². The Kier molecular flexibility index (Phi) is 3.47. The molecule has 0 amide bonds. The molecule has 4 heteroatoms. The highest BCUT2D eigenvalue weighted by Gasteiger charge is 2.11. The molecule has 1 aromatic carbocycles. The van der Waals surface area contributed by atoms with Gasteiger partial charge in [0.1, 0.15) is 0 Å². The van der Waals surface area contributed by atoms with Crippen LogP contribution < -0.4 is 0 Å². The molecule has 0 spiro atoms. The van der Waals surface area contributed by atoms with E-state index in [-0.39, 0.29) is 5.56 Å². The number of halogens is 1. The summed E-state index contributed by atoms with van der Waals surface area (Å²) in [6.07, 6.45) is 0.735. The van der Waals surface area contributed by atoms with Crippen LogP contribution >= 0.6 is 22.6 Å². The zero-order valence-electron chi connectivity index (χ0n) is 7.54. The van der Waals surface area contributed by atoms with Gasteiger partial charge in [-0.25, -0.2) is 4.79 Å². The second kappa shape index (κ2) is 4.42. The number of nitrogens with zero attached hydrogens (tertiary/aromatic N) is 1. The topological polar surface area (TPSA) is 61.1 Å². The Hall–Kier alpha value is -1.09. The minimum Gasteiger partial charge on any atom is -0.478 e.